The number of carbonyl (C=O) groups excluding carboxylic acids is 1. The van der Waals surface area contributed by atoms with Crippen LogP contribution in [0, 0.1) is 18.8 Å². The van der Waals surface area contributed by atoms with E-state index in [-0.39, 0.29) is 23.4 Å². The molecule has 0 radical (unpaired) electrons. The highest BCUT2D eigenvalue weighted by molar-refractivity contribution is 5.99. The van der Waals surface area contributed by atoms with Crippen molar-refractivity contribution in [3.63, 3.8) is 0 Å². The molecular formula is C22H24F3N5O3. The van der Waals surface area contributed by atoms with Crippen LogP contribution in [0.1, 0.15) is 29.3 Å². The van der Waals surface area contributed by atoms with Crippen LogP contribution in [0.25, 0.3) is 0 Å². The number of halogens is 3. The van der Waals surface area contributed by atoms with Gasteiger partial charge in [0, 0.05) is 30.6 Å². The highest BCUT2D eigenvalue weighted by Crippen LogP contribution is 2.48. The first-order valence-corrected chi connectivity index (χ1v) is 10.8. The van der Waals surface area contributed by atoms with Gasteiger partial charge in [-0.1, -0.05) is 0 Å². The number of ether oxygens (including phenoxy) is 1. The van der Waals surface area contributed by atoms with E-state index in [1.54, 1.807) is 19.2 Å². The highest BCUT2D eigenvalue weighted by atomic mass is 19.4. The molecule has 1 aliphatic carbocycles. The zero-order valence-electron chi connectivity index (χ0n) is 18.2. The van der Waals surface area contributed by atoms with Crippen molar-refractivity contribution in [2.75, 3.05) is 29.9 Å². The number of ketones is 1. The average Bonchev–Trinajstić information content (AvgIpc) is 3.32. The van der Waals surface area contributed by atoms with E-state index in [0.717, 1.165) is 22.8 Å². The minimum absolute atomic E-state index is 0.000230. The second-order valence-electron chi connectivity index (χ2n) is 9.31. The number of anilines is 2. The van der Waals surface area contributed by atoms with Gasteiger partial charge in [-0.3, -0.25) is 19.1 Å². The SMILES string of the molecule is Cc1cncc(C(=O)CN2c3nc(NCC4OCC5CC54)cc(=O)n3C[C@@]2(C)C(F)(F)F)c1. The molecule has 4 heterocycles. The number of nitrogens with zero attached hydrogens (tertiary/aromatic N) is 4. The minimum atomic E-state index is -4.70. The third kappa shape index (κ3) is 3.77. The summed E-state index contributed by atoms with van der Waals surface area (Å²) in [7, 11) is 0. The fourth-order valence-corrected chi connectivity index (χ4v) is 4.69. The van der Waals surface area contributed by atoms with Gasteiger partial charge in [0.15, 0.2) is 11.3 Å². The van der Waals surface area contributed by atoms with Crippen LogP contribution in [0.5, 0.6) is 0 Å². The van der Waals surface area contributed by atoms with Crippen LogP contribution in [0.4, 0.5) is 24.9 Å². The summed E-state index contributed by atoms with van der Waals surface area (Å²) in [6.07, 6.45) is -0.717. The fraction of sp³-hybridized carbons (Fsp3) is 0.545. The molecule has 1 saturated carbocycles. The molecule has 0 amide bonds. The summed E-state index contributed by atoms with van der Waals surface area (Å²) in [6, 6.07) is 2.76. The Morgan fingerprint density at radius 1 is 1.33 bits per heavy atom. The molecule has 2 fully saturated rings. The van der Waals surface area contributed by atoms with Crippen LogP contribution >= 0.6 is 0 Å². The van der Waals surface area contributed by atoms with Gasteiger partial charge in [-0.05, 0) is 43.7 Å². The maximum Gasteiger partial charge on any atom is 0.413 e. The van der Waals surface area contributed by atoms with Gasteiger partial charge in [-0.2, -0.15) is 18.2 Å². The molecule has 8 nitrogen and oxygen atoms in total. The lowest BCUT2D eigenvalue weighted by atomic mass is 10.00. The molecule has 0 bridgehead atoms. The topological polar surface area (TPSA) is 89.4 Å². The van der Waals surface area contributed by atoms with Gasteiger partial charge in [0.25, 0.3) is 5.56 Å². The molecule has 176 valence electrons. The lowest BCUT2D eigenvalue weighted by molar-refractivity contribution is -0.181. The Kier molecular flexibility index (Phi) is 5.00. The molecule has 3 aliphatic rings. The number of hydrogen-bond donors (Lipinski definition) is 1. The smallest absolute Gasteiger partial charge is 0.376 e. The van der Waals surface area contributed by atoms with Crippen molar-refractivity contribution in [1.82, 2.24) is 14.5 Å². The molecule has 0 spiro atoms. The second-order valence-corrected chi connectivity index (χ2v) is 9.31. The molecular weight excluding hydrogens is 439 g/mol. The Morgan fingerprint density at radius 3 is 2.76 bits per heavy atom. The summed E-state index contributed by atoms with van der Waals surface area (Å²) in [5.41, 5.74) is -2.16. The van der Waals surface area contributed by atoms with Crippen molar-refractivity contribution in [3.8, 4) is 0 Å². The summed E-state index contributed by atoms with van der Waals surface area (Å²) in [4.78, 5) is 34.8. The lowest BCUT2D eigenvalue weighted by Gasteiger charge is -2.36. The Morgan fingerprint density at radius 2 is 2.12 bits per heavy atom. The Bertz CT molecular complexity index is 1170. The number of rotatable bonds is 6. The average molecular weight is 463 g/mol. The number of aromatic nitrogens is 3. The first-order valence-electron chi connectivity index (χ1n) is 10.8. The van der Waals surface area contributed by atoms with E-state index in [1.165, 1.54) is 12.3 Å². The van der Waals surface area contributed by atoms with Gasteiger partial charge in [0.1, 0.15) is 5.82 Å². The van der Waals surface area contributed by atoms with Gasteiger partial charge in [-0.15, -0.1) is 0 Å². The van der Waals surface area contributed by atoms with Crippen molar-refractivity contribution in [2.24, 2.45) is 11.8 Å². The lowest BCUT2D eigenvalue weighted by Crippen LogP contribution is -2.57. The molecule has 1 N–H and O–H groups in total. The van der Waals surface area contributed by atoms with Crippen LogP contribution < -0.4 is 15.8 Å². The normalized spacial score (nSPS) is 27.9. The number of carbonyl (C=O) groups is 1. The third-order valence-electron chi connectivity index (χ3n) is 6.86. The van der Waals surface area contributed by atoms with Gasteiger partial charge in [-0.25, -0.2) is 0 Å². The summed E-state index contributed by atoms with van der Waals surface area (Å²) in [5.74, 6) is 0.511. The number of hydrogen-bond acceptors (Lipinski definition) is 7. The predicted octanol–water partition coefficient (Wildman–Crippen LogP) is 2.42. The van der Waals surface area contributed by atoms with E-state index in [4.69, 9.17) is 4.74 Å². The minimum Gasteiger partial charge on any atom is -0.376 e. The molecule has 33 heavy (non-hydrogen) atoms. The predicted molar refractivity (Wildman–Crippen MR) is 113 cm³/mol. The molecule has 0 aromatic carbocycles. The molecule has 5 rings (SSSR count). The van der Waals surface area contributed by atoms with Crippen molar-refractivity contribution >= 4 is 17.5 Å². The maximum atomic E-state index is 14.2. The number of alkyl halides is 3. The van der Waals surface area contributed by atoms with Crippen molar-refractivity contribution in [3.05, 3.63) is 46.0 Å². The Labute approximate surface area is 187 Å². The quantitative estimate of drug-likeness (QED) is 0.658. The highest BCUT2D eigenvalue weighted by Gasteiger charge is 2.60. The number of fused-ring (bicyclic) bond motifs is 2. The van der Waals surface area contributed by atoms with E-state index < -0.39 is 36.1 Å². The van der Waals surface area contributed by atoms with E-state index in [2.05, 4.69) is 15.3 Å². The van der Waals surface area contributed by atoms with Crippen molar-refractivity contribution in [1.29, 1.82) is 0 Å². The summed E-state index contributed by atoms with van der Waals surface area (Å²) >= 11 is 0. The summed E-state index contributed by atoms with van der Waals surface area (Å²) < 4.78 is 49.2. The van der Waals surface area contributed by atoms with E-state index in [1.807, 2.05) is 0 Å². The van der Waals surface area contributed by atoms with Crippen LogP contribution in [-0.2, 0) is 11.3 Å². The number of nitrogens with one attached hydrogen (secondary N) is 1. The zero-order chi connectivity index (χ0) is 23.5. The Hall–Kier alpha value is -2.95. The van der Waals surface area contributed by atoms with Crippen LogP contribution in [0.15, 0.2) is 29.3 Å². The van der Waals surface area contributed by atoms with Gasteiger partial charge in [0.05, 0.1) is 25.8 Å². The largest absolute Gasteiger partial charge is 0.413 e. The molecule has 11 heteroatoms. The van der Waals surface area contributed by atoms with Gasteiger partial charge in [0.2, 0.25) is 5.95 Å². The van der Waals surface area contributed by atoms with Crippen LogP contribution in [0.2, 0.25) is 0 Å². The number of Topliss-reactive ketones (excluding diaryl/α,β-unsaturated/α-hetero) is 1. The standard InChI is InChI=1S/C22H24F3N5O3/c1-12-3-13(7-26-6-12)16(31)9-30-20-28-18(27-8-17-15-4-14(15)10-33-17)5-19(32)29(20)11-21(30,2)22(23,24)25/h3,5-7,14-15,17,27H,4,8-11H2,1-2H3/t14?,15?,17?,21-/m0/s1. The van der Waals surface area contributed by atoms with Gasteiger partial charge >= 0.3 is 6.18 Å². The van der Waals surface area contributed by atoms with Crippen LogP contribution in [-0.4, -0.2) is 57.8 Å². The van der Waals surface area contributed by atoms with E-state index in [9.17, 15) is 22.8 Å². The number of pyridine rings is 1. The Balaban J connectivity index is 1.45. The van der Waals surface area contributed by atoms with Crippen LogP contribution in [0.3, 0.4) is 0 Å². The van der Waals surface area contributed by atoms with Crippen molar-refractivity contribution < 1.29 is 22.7 Å². The summed E-state index contributed by atoms with van der Waals surface area (Å²) in [5, 5.41) is 3.04. The monoisotopic (exact) mass is 463 g/mol. The first-order chi connectivity index (χ1) is 15.6. The molecule has 2 aliphatic heterocycles. The molecule has 1 saturated heterocycles. The molecule has 3 unspecified atom stereocenters. The van der Waals surface area contributed by atoms with Gasteiger partial charge < -0.3 is 15.0 Å². The molecule has 2 aromatic heterocycles. The summed E-state index contributed by atoms with van der Waals surface area (Å²) in [6.45, 7) is 2.62. The van der Waals surface area contributed by atoms with E-state index >= 15 is 0 Å². The van der Waals surface area contributed by atoms with Crippen molar-refractivity contribution in [2.45, 2.75) is 44.6 Å². The first kappa shape index (κ1) is 21.9. The molecule has 4 atom stereocenters. The third-order valence-corrected chi connectivity index (χ3v) is 6.86. The number of aryl methyl sites for hydroxylation is 1. The fourth-order valence-electron chi connectivity index (χ4n) is 4.69. The zero-order valence-corrected chi connectivity index (χ0v) is 18.2. The van der Waals surface area contributed by atoms with E-state index in [0.29, 0.717) is 30.6 Å². The molecule has 2 aromatic rings. The second kappa shape index (κ2) is 7.54. The maximum absolute atomic E-state index is 14.2.